The third-order valence-corrected chi connectivity index (χ3v) is 5.64. The molecule has 0 spiro atoms. The first-order chi connectivity index (χ1) is 15.5. The number of ether oxygens (including phenoxy) is 1. The molecule has 5 rings (SSSR count). The van der Waals surface area contributed by atoms with Gasteiger partial charge < -0.3 is 15.0 Å². The first-order valence-electron chi connectivity index (χ1n) is 10.2. The van der Waals surface area contributed by atoms with E-state index in [1.165, 1.54) is 18.2 Å². The summed E-state index contributed by atoms with van der Waals surface area (Å²) >= 11 is 0. The van der Waals surface area contributed by atoms with E-state index >= 15 is 0 Å². The monoisotopic (exact) mass is 434 g/mol. The average molecular weight is 434 g/mol. The number of hydrogen-bond acceptors (Lipinski definition) is 5. The van der Waals surface area contributed by atoms with Crippen molar-refractivity contribution in [1.29, 1.82) is 0 Å². The zero-order valence-electron chi connectivity index (χ0n) is 17.2. The number of carbonyl (C=O) groups is 1. The molecule has 2 aliphatic rings. The van der Waals surface area contributed by atoms with Crippen molar-refractivity contribution < 1.29 is 18.3 Å². The van der Waals surface area contributed by atoms with Gasteiger partial charge in [-0.1, -0.05) is 12.6 Å². The average Bonchev–Trinajstić information content (AvgIpc) is 3.16. The Morgan fingerprint density at radius 1 is 1.16 bits per heavy atom. The first kappa shape index (κ1) is 20.3. The molecule has 0 radical (unpaired) electrons. The van der Waals surface area contributed by atoms with E-state index < -0.39 is 11.6 Å². The Labute approximate surface area is 183 Å². The molecule has 0 atom stereocenters. The van der Waals surface area contributed by atoms with Gasteiger partial charge in [0.2, 0.25) is 0 Å². The maximum atomic E-state index is 14.4. The molecule has 1 fully saturated rings. The van der Waals surface area contributed by atoms with Crippen molar-refractivity contribution in [2.45, 2.75) is 13.0 Å². The molecule has 32 heavy (non-hydrogen) atoms. The van der Waals surface area contributed by atoms with Crippen LogP contribution in [0.2, 0.25) is 0 Å². The fourth-order valence-corrected chi connectivity index (χ4v) is 4.09. The van der Waals surface area contributed by atoms with Crippen molar-refractivity contribution in [3.8, 4) is 11.3 Å². The molecule has 0 aliphatic carbocycles. The zero-order valence-corrected chi connectivity index (χ0v) is 17.2. The summed E-state index contributed by atoms with van der Waals surface area (Å²) in [6, 6.07) is 9.08. The van der Waals surface area contributed by atoms with Crippen LogP contribution in [-0.4, -0.2) is 35.6 Å². The number of nitrogens with zero attached hydrogens (tertiary/aromatic N) is 3. The molecule has 6 nitrogen and oxygen atoms in total. The normalized spacial score (nSPS) is 15.6. The van der Waals surface area contributed by atoms with E-state index in [0.29, 0.717) is 43.0 Å². The number of morpholine rings is 1. The van der Waals surface area contributed by atoms with Gasteiger partial charge in [0, 0.05) is 24.4 Å². The topological polar surface area (TPSA) is 67.3 Å². The highest BCUT2D eigenvalue weighted by atomic mass is 19.1. The van der Waals surface area contributed by atoms with Crippen LogP contribution in [0.1, 0.15) is 27.3 Å². The molecule has 2 aliphatic heterocycles. The molecular weight excluding hydrogens is 414 g/mol. The van der Waals surface area contributed by atoms with Crippen molar-refractivity contribution in [2.24, 2.45) is 0 Å². The molecule has 1 amide bonds. The highest BCUT2D eigenvalue weighted by Gasteiger charge is 2.27. The van der Waals surface area contributed by atoms with Crippen LogP contribution in [0.3, 0.4) is 0 Å². The minimum absolute atomic E-state index is 0.159. The van der Waals surface area contributed by atoms with E-state index in [1.807, 2.05) is 12.1 Å². The Kier molecular flexibility index (Phi) is 5.14. The Hall–Kier alpha value is -3.65. The Bertz CT molecular complexity index is 1210. The number of halogens is 2. The van der Waals surface area contributed by atoms with E-state index in [4.69, 9.17) is 4.74 Å². The van der Waals surface area contributed by atoms with Crippen LogP contribution >= 0.6 is 0 Å². The predicted molar refractivity (Wildman–Crippen MR) is 115 cm³/mol. The number of amides is 1. The van der Waals surface area contributed by atoms with Crippen LogP contribution in [0, 0.1) is 11.6 Å². The van der Waals surface area contributed by atoms with Crippen LogP contribution < -0.4 is 10.2 Å². The fraction of sp³-hybridized carbons (Fsp3) is 0.208. The largest absolute Gasteiger partial charge is 0.373 e. The van der Waals surface area contributed by atoms with Crippen molar-refractivity contribution in [3.63, 3.8) is 0 Å². The minimum Gasteiger partial charge on any atom is -0.373 e. The molecule has 2 aromatic heterocycles. The van der Waals surface area contributed by atoms with Gasteiger partial charge in [-0.3, -0.25) is 9.78 Å². The van der Waals surface area contributed by atoms with Gasteiger partial charge in [-0.2, -0.15) is 0 Å². The summed E-state index contributed by atoms with van der Waals surface area (Å²) < 4.78 is 34.2. The summed E-state index contributed by atoms with van der Waals surface area (Å²) in [7, 11) is 0. The summed E-state index contributed by atoms with van der Waals surface area (Å²) in [5, 5.41) is 2.74. The van der Waals surface area contributed by atoms with Crippen LogP contribution in [-0.2, 0) is 17.7 Å². The van der Waals surface area contributed by atoms with Gasteiger partial charge in [0.15, 0.2) is 0 Å². The molecule has 0 saturated carbocycles. The molecule has 1 saturated heterocycles. The molecule has 1 N–H and O–H groups in total. The Morgan fingerprint density at radius 3 is 2.69 bits per heavy atom. The van der Waals surface area contributed by atoms with Crippen LogP contribution in [0.15, 0.2) is 54.9 Å². The highest BCUT2D eigenvalue weighted by molar-refractivity contribution is 5.99. The summed E-state index contributed by atoms with van der Waals surface area (Å²) in [6.45, 7) is 6.05. The van der Waals surface area contributed by atoms with Crippen LogP contribution in [0.4, 0.5) is 14.5 Å². The summed E-state index contributed by atoms with van der Waals surface area (Å²) in [4.78, 5) is 23.4. The van der Waals surface area contributed by atoms with Gasteiger partial charge in [-0.05, 0) is 35.9 Å². The number of benzene rings is 1. The van der Waals surface area contributed by atoms with Gasteiger partial charge in [-0.25, -0.2) is 13.8 Å². The number of rotatable bonds is 4. The van der Waals surface area contributed by atoms with Crippen LogP contribution in [0.25, 0.3) is 11.3 Å². The summed E-state index contributed by atoms with van der Waals surface area (Å²) in [6.07, 6.45) is 2.08. The molecular formula is C24H20F2N4O2. The zero-order chi connectivity index (χ0) is 22.2. The van der Waals surface area contributed by atoms with Crippen molar-refractivity contribution in [2.75, 3.05) is 24.7 Å². The highest BCUT2D eigenvalue weighted by Crippen LogP contribution is 2.30. The van der Waals surface area contributed by atoms with Gasteiger partial charge in [-0.15, -0.1) is 0 Å². The number of anilines is 1. The van der Waals surface area contributed by atoms with Gasteiger partial charge in [0.25, 0.3) is 5.91 Å². The molecule has 4 heterocycles. The maximum absolute atomic E-state index is 14.4. The quantitative estimate of drug-likeness (QED) is 0.680. The predicted octanol–water partition coefficient (Wildman–Crippen LogP) is 3.61. The molecule has 0 bridgehead atoms. The third-order valence-electron chi connectivity index (χ3n) is 5.64. The van der Waals surface area contributed by atoms with Crippen molar-refractivity contribution in [1.82, 2.24) is 15.3 Å². The minimum atomic E-state index is -0.700. The van der Waals surface area contributed by atoms with E-state index in [0.717, 1.165) is 17.1 Å². The van der Waals surface area contributed by atoms with Crippen LogP contribution in [0.5, 0.6) is 0 Å². The van der Waals surface area contributed by atoms with E-state index in [9.17, 15) is 13.6 Å². The van der Waals surface area contributed by atoms with E-state index in [1.54, 1.807) is 12.3 Å². The lowest BCUT2D eigenvalue weighted by Gasteiger charge is -2.30. The first-order valence-corrected chi connectivity index (χ1v) is 10.2. The lowest BCUT2D eigenvalue weighted by molar-refractivity contribution is 0.0965. The van der Waals surface area contributed by atoms with Crippen molar-refractivity contribution >= 4 is 11.6 Å². The summed E-state index contributed by atoms with van der Waals surface area (Å²) in [5.41, 5.74) is 4.00. The lowest BCUT2D eigenvalue weighted by Crippen LogP contribution is -2.33. The second-order valence-electron chi connectivity index (χ2n) is 7.72. The Morgan fingerprint density at radius 2 is 1.97 bits per heavy atom. The second-order valence-corrected chi connectivity index (χ2v) is 7.72. The second kappa shape index (κ2) is 8.12. The van der Waals surface area contributed by atoms with E-state index in [2.05, 4.69) is 26.8 Å². The summed E-state index contributed by atoms with van der Waals surface area (Å²) in [5.74, 6) is -1.65. The fourth-order valence-electron chi connectivity index (χ4n) is 4.09. The maximum Gasteiger partial charge on any atom is 0.253 e. The van der Waals surface area contributed by atoms with Gasteiger partial charge >= 0.3 is 0 Å². The SMILES string of the molecule is C=C1COCCN1c1ccc(Cc2cc(-c3c(F)cccc3F)nc3c2C(=O)NC3)nc1. The number of aromatic nitrogens is 2. The smallest absolute Gasteiger partial charge is 0.253 e. The lowest BCUT2D eigenvalue weighted by atomic mass is 9.98. The number of pyridine rings is 2. The van der Waals surface area contributed by atoms with Crippen molar-refractivity contribution in [3.05, 3.63) is 89.0 Å². The number of carbonyl (C=O) groups excluding carboxylic acids is 1. The molecule has 3 aromatic rings. The molecule has 1 aromatic carbocycles. The number of hydrogen-bond donors (Lipinski definition) is 1. The molecule has 0 unspecified atom stereocenters. The standard InChI is InChI=1S/C24H20F2N4O2/c1-14-13-32-8-7-30(14)17-6-5-16(27-11-17)9-15-10-20(23-18(25)3-2-4-19(23)26)29-21-12-28-24(31)22(15)21/h2-6,10-11H,1,7-9,12-13H2,(H,28,31). The third kappa shape index (κ3) is 3.62. The number of nitrogens with one attached hydrogen (secondary N) is 1. The Balaban J connectivity index is 1.50. The van der Waals surface area contributed by atoms with Gasteiger partial charge in [0.1, 0.15) is 11.6 Å². The van der Waals surface area contributed by atoms with Gasteiger partial charge in [0.05, 0.1) is 54.2 Å². The molecule has 8 heteroatoms. The molecule has 162 valence electrons. The number of fused-ring (bicyclic) bond motifs is 1. The van der Waals surface area contributed by atoms with E-state index in [-0.39, 0.29) is 23.7 Å².